The van der Waals surface area contributed by atoms with Crippen LogP contribution in [0.5, 0.6) is 0 Å². The third-order valence-corrected chi connectivity index (χ3v) is 3.61. The minimum absolute atomic E-state index is 0.185. The van der Waals surface area contributed by atoms with E-state index in [1.165, 1.54) is 40.4 Å². The molecule has 0 aliphatic carbocycles. The Morgan fingerprint density at radius 3 is 3.00 bits per heavy atom. The summed E-state index contributed by atoms with van der Waals surface area (Å²) >= 11 is 1.54. The number of aryl methyl sites for hydroxylation is 1. The van der Waals surface area contributed by atoms with Crippen LogP contribution < -0.4 is 5.56 Å². The van der Waals surface area contributed by atoms with Gasteiger partial charge >= 0.3 is 0 Å². The Morgan fingerprint density at radius 2 is 2.26 bits per heavy atom. The van der Waals surface area contributed by atoms with E-state index < -0.39 is 5.82 Å². The molecule has 0 saturated heterocycles. The summed E-state index contributed by atoms with van der Waals surface area (Å²) in [5.74, 6) is -0.396. The molecular formula is C13H10FN3OS. The van der Waals surface area contributed by atoms with Gasteiger partial charge in [0.05, 0.1) is 34.5 Å². The minimum atomic E-state index is -0.396. The molecule has 0 aliphatic heterocycles. The summed E-state index contributed by atoms with van der Waals surface area (Å²) < 4.78 is 14.5. The second-order valence-corrected chi connectivity index (χ2v) is 5.26. The molecule has 0 N–H and O–H groups in total. The van der Waals surface area contributed by atoms with E-state index in [4.69, 9.17) is 0 Å². The summed E-state index contributed by atoms with van der Waals surface area (Å²) in [5.41, 5.74) is 1.01. The molecule has 0 unspecified atom stereocenters. The fourth-order valence-electron chi connectivity index (χ4n) is 1.90. The number of hydrogen-bond acceptors (Lipinski definition) is 4. The van der Waals surface area contributed by atoms with E-state index >= 15 is 0 Å². The van der Waals surface area contributed by atoms with Crippen LogP contribution >= 0.6 is 11.3 Å². The molecule has 1 aromatic carbocycles. The molecule has 0 fully saturated rings. The molecule has 19 heavy (non-hydrogen) atoms. The van der Waals surface area contributed by atoms with Crippen molar-refractivity contribution in [3.63, 3.8) is 0 Å². The second kappa shape index (κ2) is 4.55. The largest absolute Gasteiger partial charge is 0.293 e. The SMILES string of the molecule is Cc1nc(Cn2cnc3cc(F)ccc3c2=O)cs1. The molecule has 2 heterocycles. The van der Waals surface area contributed by atoms with Crippen molar-refractivity contribution in [3.8, 4) is 0 Å². The van der Waals surface area contributed by atoms with Gasteiger partial charge in [0.25, 0.3) is 5.56 Å². The molecule has 0 aliphatic rings. The van der Waals surface area contributed by atoms with Crippen LogP contribution in [-0.2, 0) is 6.54 Å². The molecule has 0 atom stereocenters. The van der Waals surface area contributed by atoms with Crippen molar-refractivity contribution < 1.29 is 4.39 Å². The maximum Gasteiger partial charge on any atom is 0.261 e. The van der Waals surface area contributed by atoms with Gasteiger partial charge in [-0.15, -0.1) is 11.3 Å². The molecular weight excluding hydrogens is 265 g/mol. The average molecular weight is 275 g/mol. The van der Waals surface area contributed by atoms with Crippen LogP contribution in [0.4, 0.5) is 4.39 Å². The third-order valence-electron chi connectivity index (χ3n) is 2.79. The van der Waals surface area contributed by atoms with E-state index in [2.05, 4.69) is 9.97 Å². The average Bonchev–Trinajstić information content (AvgIpc) is 2.78. The van der Waals surface area contributed by atoms with Crippen molar-refractivity contribution in [1.29, 1.82) is 0 Å². The van der Waals surface area contributed by atoms with Gasteiger partial charge in [0.15, 0.2) is 0 Å². The first kappa shape index (κ1) is 12.0. The lowest BCUT2D eigenvalue weighted by atomic mass is 10.2. The highest BCUT2D eigenvalue weighted by atomic mass is 32.1. The molecule has 0 bridgehead atoms. The Morgan fingerprint density at radius 1 is 1.42 bits per heavy atom. The molecule has 0 saturated carbocycles. The smallest absolute Gasteiger partial charge is 0.261 e. The van der Waals surface area contributed by atoms with Crippen LogP contribution in [0.1, 0.15) is 10.7 Å². The van der Waals surface area contributed by atoms with Crippen molar-refractivity contribution in [1.82, 2.24) is 14.5 Å². The minimum Gasteiger partial charge on any atom is -0.293 e. The molecule has 0 spiro atoms. The van der Waals surface area contributed by atoms with Crippen molar-refractivity contribution >= 4 is 22.2 Å². The Balaban J connectivity index is 2.08. The highest BCUT2D eigenvalue weighted by Gasteiger charge is 2.07. The lowest BCUT2D eigenvalue weighted by molar-refractivity contribution is 0.629. The number of halogens is 1. The Labute approximate surface area is 112 Å². The number of rotatable bonds is 2. The summed E-state index contributed by atoms with van der Waals surface area (Å²) in [6.45, 7) is 2.29. The van der Waals surface area contributed by atoms with Crippen LogP contribution in [0.15, 0.2) is 34.7 Å². The first-order chi connectivity index (χ1) is 9.13. The van der Waals surface area contributed by atoms with Gasteiger partial charge in [-0.3, -0.25) is 9.36 Å². The number of benzene rings is 1. The molecule has 0 radical (unpaired) electrons. The number of aromatic nitrogens is 3. The summed E-state index contributed by atoms with van der Waals surface area (Å²) in [7, 11) is 0. The van der Waals surface area contributed by atoms with Crippen LogP contribution in [0, 0.1) is 12.7 Å². The number of hydrogen-bond donors (Lipinski definition) is 0. The topological polar surface area (TPSA) is 47.8 Å². The van der Waals surface area contributed by atoms with Gasteiger partial charge in [-0.25, -0.2) is 14.4 Å². The van der Waals surface area contributed by atoms with E-state index in [0.29, 0.717) is 17.4 Å². The van der Waals surface area contributed by atoms with E-state index in [1.807, 2.05) is 12.3 Å². The lowest BCUT2D eigenvalue weighted by Gasteiger charge is -2.04. The fraction of sp³-hybridized carbons (Fsp3) is 0.154. The highest BCUT2D eigenvalue weighted by Crippen LogP contribution is 2.11. The van der Waals surface area contributed by atoms with E-state index in [-0.39, 0.29) is 5.56 Å². The summed E-state index contributed by atoms with van der Waals surface area (Å²) in [4.78, 5) is 20.6. The quantitative estimate of drug-likeness (QED) is 0.721. The standard InChI is InChI=1S/C13H10FN3OS/c1-8-16-10(6-19-8)5-17-7-15-12-4-9(14)2-3-11(12)13(17)18/h2-4,6-7H,5H2,1H3. The molecule has 3 aromatic rings. The Hall–Kier alpha value is -2.08. The maximum atomic E-state index is 13.1. The zero-order valence-corrected chi connectivity index (χ0v) is 10.9. The molecule has 3 rings (SSSR count). The Bertz CT molecular complexity index is 809. The third kappa shape index (κ3) is 2.26. The monoisotopic (exact) mass is 275 g/mol. The van der Waals surface area contributed by atoms with Crippen LogP contribution in [0.25, 0.3) is 10.9 Å². The second-order valence-electron chi connectivity index (χ2n) is 4.20. The normalized spacial score (nSPS) is 11.1. The van der Waals surface area contributed by atoms with Gasteiger partial charge in [0, 0.05) is 11.4 Å². The molecule has 4 nitrogen and oxygen atoms in total. The first-order valence-electron chi connectivity index (χ1n) is 5.69. The van der Waals surface area contributed by atoms with Crippen molar-refractivity contribution in [3.05, 3.63) is 56.8 Å². The van der Waals surface area contributed by atoms with E-state index in [1.54, 1.807) is 0 Å². The predicted molar refractivity (Wildman–Crippen MR) is 71.9 cm³/mol. The number of nitrogens with zero attached hydrogens (tertiary/aromatic N) is 3. The molecule has 96 valence electrons. The molecule has 2 aromatic heterocycles. The van der Waals surface area contributed by atoms with E-state index in [9.17, 15) is 9.18 Å². The van der Waals surface area contributed by atoms with Crippen molar-refractivity contribution in [2.75, 3.05) is 0 Å². The van der Waals surface area contributed by atoms with Crippen LogP contribution in [0.2, 0.25) is 0 Å². The van der Waals surface area contributed by atoms with Gasteiger partial charge in [-0.05, 0) is 19.1 Å². The van der Waals surface area contributed by atoms with Crippen molar-refractivity contribution in [2.24, 2.45) is 0 Å². The van der Waals surface area contributed by atoms with Crippen molar-refractivity contribution in [2.45, 2.75) is 13.5 Å². The van der Waals surface area contributed by atoms with Gasteiger partial charge in [0.2, 0.25) is 0 Å². The zero-order valence-electron chi connectivity index (χ0n) is 10.1. The van der Waals surface area contributed by atoms with E-state index in [0.717, 1.165) is 10.7 Å². The van der Waals surface area contributed by atoms with Gasteiger partial charge in [-0.1, -0.05) is 0 Å². The first-order valence-corrected chi connectivity index (χ1v) is 6.57. The summed E-state index contributed by atoms with van der Waals surface area (Å²) in [6, 6.07) is 3.99. The van der Waals surface area contributed by atoms with Crippen LogP contribution in [-0.4, -0.2) is 14.5 Å². The Kier molecular flexibility index (Phi) is 2.87. The maximum absolute atomic E-state index is 13.1. The van der Waals surface area contributed by atoms with Crippen LogP contribution in [0.3, 0.4) is 0 Å². The number of thiazole rings is 1. The molecule has 6 heteroatoms. The molecule has 0 amide bonds. The zero-order chi connectivity index (χ0) is 13.4. The van der Waals surface area contributed by atoms with Gasteiger partial charge in [-0.2, -0.15) is 0 Å². The summed E-state index contributed by atoms with van der Waals surface area (Å²) in [6.07, 6.45) is 1.43. The van der Waals surface area contributed by atoms with Gasteiger partial charge in [0.1, 0.15) is 5.82 Å². The fourth-order valence-corrected chi connectivity index (χ4v) is 2.50. The number of fused-ring (bicyclic) bond motifs is 1. The predicted octanol–water partition coefficient (Wildman–Crippen LogP) is 2.35. The van der Waals surface area contributed by atoms with Gasteiger partial charge < -0.3 is 0 Å². The lowest BCUT2D eigenvalue weighted by Crippen LogP contribution is -2.21. The summed E-state index contributed by atoms with van der Waals surface area (Å²) in [5, 5.41) is 3.28. The highest BCUT2D eigenvalue weighted by molar-refractivity contribution is 7.09.